The van der Waals surface area contributed by atoms with Crippen LogP contribution < -0.4 is 10.2 Å². The quantitative estimate of drug-likeness (QED) is 0.411. The monoisotopic (exact) mass is 432 g/mol. The highest BCUT2D eigenvalue weighted by Crippen LogP contribution is 2.50. The zero-order chi connectivity index (χ0) is 22.7. The Morgan fingerprint density at radius 1 is 1.09 bits per heavy atom. The predicted molar refractivity (Wildman–Crippen MR) is 122 cm³/mol. The highest BCUT2D eigenvalue weighted by Gasteiger charge is 2.30. The molecular formula is C26H24O6. The van der Waals surface area contributed by atoms with E-state index < -0.39 is 6.10 Å². The third-order valence-electron chi connectivity index (χ3n) is 5.87. The zero-order valence-corrected chi connectivity index (χ0v) is 18.1. The van der Waals surface area contributed by atoms with E-state index in [9.17, 15) is 20.1 Å². The summed E-state index contributed by atoms with van der Waals surface area (Å²) in [7, 11) is 0. The van der Waals surface area contributed by atoms with Gasteiger partial charge in [0.2, 0.25) is 0 Å². The van der Waals surface area contributed by atoms with E-state index in [1.807, 2.05) is 26.0 Å². The summed E-state index contributed by atoms with van der Waals surface area (Å²) in [5.41, 5.74) is 4.74. The van der Waals surface area contributed by atoms with Crippen LogP contribution in [0.3, 0.4) is 0 Å². The Labute approximate surface area is 184 Å². The second kappa shape index (κ2) is 7.28. The van der Waals surface area contributed by atoms with Crippen LogP contribution in [0, 0.1) is 6.92 Å². The predicted octanol–water partition coefficient (Wildman–Crippen LogP) is 4.53. The molecule has 3 aliphatic rings. The summed E-state index contributed by atoms with van der Waals surface area (Å²) in [6, 6.07) is 9.75. The molecule has 0 bridgehead atoms. The minimum atomic E-state index is -0.673. The summed E-state index contributed by atoms with van der Waals surface area (Å²) in [6.45, 7) is 5.52. The third-order valence-corrected chi connectivity index (χ3v) is 5.87. The molecule has 2 aromatic carbocycles. The van der Waals surface area contributed by atoms with Gasteiger partial charge in [0.25, 0.3) is 0 Å². The van der Waals surface area contributed by atoms with Crippen LogP contribution in [0.25, 0.3) is 33.4 Å². The second-order valence-corrected chi connectivity index (χ2v) is 8.76. The second-order valence-electron chi connectivity index (χ2n) is 8.76. The molecule has 0 saturated carbocycles. The summed E-state index contributed by atoms with van der Waals surface area (Å²) in [5.74, 6) is 0.905. The molecule has 0 aromatic heterocycles. The van der Waals surface area contributed by atoms with Crippen LogP contribution in [0.2, 0.25) is 0 Å². The molecule has 0 saturated heterocycles. The summed E-state index contributed by atoms with van der Waals surface area (Å²) in [4.78, 5) is 12.2. The fourth-order valence-corrected chi connectivity index (χ4v) is 4.78. The molecule has 6 heteroatoms. The van der Waals surface area contributed by atoms with E-state index in [4.69, 9.17) is 9.15 Å². The van der Waals surface area contributed by atoms with Crippen LogP contribution >= 0.6 is 0 Å². The van der Waals surface area contributed by atoms with Gasteiger partial charge in [0.15, 0.2) is 5.43 Å². The number of fused-ring (bicyclic) bond motifs is 2. The van der Waals surface area contributed by atoms with Crippen LogP contribution in [-0.2, 0) is 12.8 Å². The number of rotatable bonds is 3. The first kappa shape index (κ1) is 20.4. The maximum absolute atomic E-state index is 12.2. The van der Waals surface area contributed by atoms with Gasteiger partial charge in [-0.3, -0.25) is 4.79 Å². The lowest BCUT2D eigenvalue weighted by atomic mass is 9.88. The molecule has 3 N–H and O–H groups in total. The summed E-state index contributed by atoms with van der Waals surface area (Å²) in [6.07, 6.45) is 0.0276. The number of aliphatic hydroxyl groups excluding tert-OH is 1. The van der Waals surface area contributed by atoms with Gasteiger partial charge in [0.1, 0.15) is 34.7 Å². The van der Waals surface area contributed by atoms with E-state index >= 15 is 0 Å². The van der Waals surface area contributed by atoms with Gasteiger partial charge in [-0.2, -0.15) is 0 Å². The van der Waals surface area contributed by atoms with Crippen molar-refractivity contribution >= 4 is 11.0 Å². The average molecular weight is 432 g/mol. The molecule has 2 atom stereocenters. The Hall–Kier alpha value is -3.51. The molecule has 0 fully saturated rings. The van der Waals surface area contributed by atoms with E-state index in [1.54, 1.807) is 19.1 Å². The van der Waals surface area contributed by atoms with Gasteiger partial charge >= 0.3 is 0 Å². The molecule has 0 radical (unpaired) electrons. The molecule has 5 rings (SSSR count). The van der Waals surface area contributed by atoms with Crippen LogP contribution in [0.5, 0.6) is 17.2 Å². The number of aromatic hydroxyl groups is 2. The largest absolute Gasteiger partial charge is 0.508 e. The lowest BCUT2D eigenvalue weighted by molar-refractivity contribution is 0.195. The van der Waals surface area contributed by atoms with Crippen LogP contribution in [-0.4, -0.2) is 27.5 Å². The highest BCUT2D eigenvalue weighted by molar-refractivity contribution is 6.05. The Morgan fingerprint density at radius 3 is 2.62 bits per heavy atom. The van der Waals surface area contributed by atoms with E-state index in [-0.39, 0.29) is 29.5 Å². The maximum Gasteiger partial charge on any atom is 0.182 e. The number of phenolic OH excluding ortho intramolecular Hbond substituents is 2. The van der Waals surface area contributed by atoms with Crippen molar-refractivity contribution < 1.29 is 24.5 Å². The number of aliphatic hydroxyl groups is 1. The molecule has 2 aromatic rings. The van der Waals surface area contributed by atoms with Crippen molar-refractivity contribution in [2.24, 2.45) is 0 Å². The molecule has 0 spiro atoms. The summed E-state index contributed by atoms with van der Waals surface area (Å²) in [5, 5.41) is 31.7. The number of aryl methyl sites for hydroxylation is 1. The van der Waals surface area contributed by atoms with Crippen molar-refractivity contribution in [3.63, 3.8) is 0 Å². The van der Waals surface area contributed by atoms with Crippen molar-refractivity contribution in [3.8, 4) is 39.7 Å². The van der Waals surface area contributed by atoms with Gasteiger partial charge in [0, 0.05) is 29.7 Å². The van der Waals surface area contributed by atoms with E-state index in [2.05, 4.69) is 0 Å². The fraction of sp³-hybridized carbons (Fsp3) is 0.269. The third kappa shape index (κ3) is 3.28. The molecular weight excluding hydrogens is 408 g/mol. The van der Waals surface area contributed by atoms with E-state index in [1.165, 1.54) is 12.1 Å². The molecule has 6 nitrogen and oxygen atoms in total. The molecule has 2 heterocycles. The highest BCUT2D eigenvalue weighted by atomic mass is 16.5. The first-order chi connectivity index (χ1) is 15.2. The first-order valence-corrected chi connectivity index (χ1v) is 10.7. The molecule has 32 heavy (non-hydrogen) atoms. The van der Waals surface area contributed by atoms with Crippen molar-refractivity contribution in [1.82, 2.24) is 0 Å². The van der Waals surface area contributed by atoms with Crippen LogP contribution in [0.1, 0.15) is 30.5 Å². The lowest BCUT2D eigenvalue weighted by Gasteiger charge is -2.28. The van der Waals surface area contributed by atoms with Gasteiger partial charge < -0.3 is 24.5 Å². The standard InChI is InChI=1S/C26H24O6/c1-12-4-19(23-15(6-13(2)27)8-17(28)10-20(23)30)25-21(5-12)32-22-11-18(29)9-16-7-14(3)31-26(25)24(16)22/h4-5,8-11,13-14,27-28,30H,6-7H2,1-3H3/t13?,14-/m1/s1. The molecule has 1 unspecified atom stereocenters. The SMILES string of the molecule is Cc1cc(-c2c(O)cc(O)cc2CC(C)O)c2c3c4c(cc(=O)cc-4oc2c1)C[C@@H](C)O3. The lowest BCUT2D eigenvalue weighted by Crippen LogP contribution is -2.23. The molecule has 2 aliphatic heterocycles. The molecule has 1 aliphatic carbocycles. The minimum absolute atomic E-state index is 0.0783. The topological polar surface area (TPSA) is 100 Å². The minimum Gasteiger partial charge on any atom is -0.508 e. The summed E-state index contributed by atoms with van der Waals surface area (Å²) < 4.78 is 12.5. The van der Waals surface area contributed by atoms with Gasteiger partial charge in [-0.15, -0.1) is 0 Å². The van der Waals surface area contributed by atoms with E-state index in [0.29, 0.717) is 45.6 Å². The van der Waals surface area contributed by atoms with Crippen molar-refractivity contribution in [2.75, 3.05) is 0 Å². The number of hydrogen-bond donors (Lipinski definition) is 3. The zero-order valence-electron chi connectivity index (χ0n) is 18.1. The fourth-order valence-electron chi connectivity index (χ4n) is 4.78. The Morgan fingerprint density at radius 2 is 1.88 bits per heavy atom. The maximum atomic E-state index is 12.2. The smallest absolute Gasteiger partial charge is 0.182 e. The Balaban J connectivity index is 1.95. The van der Waals surface area contributed by atoms with Crippen molar-refractivity contribution in [3.05, 3.63) is 63.3 Å². The Kier molecular flexibility index (Phi) is 4.64. The van der Waals surface area contributed by atoms with E-state index in [0.717, 1.165) is 16.7 Å². The van der Waals surface area contributed by atoms with Gasteiger partial charge in [-0.05, 0) is 62.1 Å². The first-order valence-electron chi connectivity index (χ1n) is 10.7. The normalized spacial score (nSPS) is 16.3. The van der Waals surface area contributed by atoms with Crippen molar-refractivity contribution in [2.45, 2.75) is 45.8 Å². The van der Waals surface area contributed by atoms with Gasteiger partial charge in [-0.25, -0.2) is 0 Å². The number of benzene rings is 3. The number of phenols is 2. The summed E-state index contributed by atoms with van der Waals surface area (Å²) >= 11 is 0. The van der Waals surface area contributed by atoms with Crippen molar-refractivity contribution in [1.29, 1.82) is 0 Å². The van der Waals surface area contributed by atoms with Crippen LogP contribution in [0.15, 0.2) is 45.6 Å². The van der Waals surface area contributed by atoms with Gasteiger partial charge in [0.05, 0.1) is 17.1 Å². The van der Waals surface area contributed by atoms with Gasteiger partial charge in [-0.1, -0.05) is 6.07 Å². The molecule has 0 amide bonds. The number of ether oxygens (including phenoxy) is 1. The molecule has 164 valence electrons. The average Bonchev–Trinajstić information content (AvgIpc) is 2.65. The number of hydrogen-bond acceptors (Lipinski definition) is 6. The van der Waals surface area contributed by atoms with Crippen LogP contribution in [0.4, 0.5) is 0 Å². The Bertz CT molecular complexity index is 1400.